The van der Waals surface area contributed by atoms with Gasteiger partial charge in [-0.15, -0.1) is 0 Å². The van der Waals surface area contributed by atoms with Crippen molar-refractivity contribution in [3.05, 3.63) is 85.1 Å². The van der Waals surface area contributed by atoms with Crippen LogP contribution in [0.4, 0.5) is 0 Å². The van der Waals surface area contributed by atoms with Crippen LogP contribution < -0.4 is 10.6 Å². The molecule has 8 heteroatoms. The summed E-state index contributed by atoms with van der Waals surface area (Å²) in [6, 6.07) is -0.872. The first-order chi connectivity index (χ1) is 21.6. The van der Waals surface area contributed by atoms with Crippen LogP contribution in [-0.2, 0) is 28.7 Å². The molecule has 0 heterocycles. The van der Waals surface area contributed by atoms with E-state index in [0.717, 1.165) is 50.7 Å². The summed E-state index contributed by atoms with van der Waals surface area (Å²) in [5, 5.41) is 5.47. The molecule has 8 nitrogen and oxygen atoms in total. The number of esters is 2. The summed E-state index contributed by atoms with van der Waals surface area (Å²) < 4.78 is 9.88. The minimum absolute atomic E-state index is 0.0283. The smallest absolute Gasteiger partial charge is 0.330 e. The molecule has 250 valence electrons. The third-order valence-corrected chi connectivity index (χ3v) is 5.96. The number of unbranched alkanes of at least 4 members (excludes halogenated alkanes) is 1. The van der Waals surface area contributed by atoms with E-state index < -0.39 is 29.5 Å². The Morgan fingerprint density at radius 1 is 0.711 bits per heavy atom. The molecular weight excluding hydrogens is 568 g/mol. The molecule has 0 radical (unpaired) electrons. The first-order valence-electron chi connectivity index (χ1n) is 16.0. The molecule has 0 saturated heterocycles. The second kappa shape index (κ2) is 27.6. The fourth-order valence-electron chi connectivity index (χ4n) is 3.70. The normalized spacial score (nSPS) is 13.3. The molecule has 0 saturated carbocycles. The Morgan fingerprint density at radius 2 is 1.22 bits per heavy atom. The van der Waals surface area contributed by atoms with Crippen molar-refractivity contribution in [2.24, 2.45) is 0 Å². The van der Waals surface area contributed by atoms with Gasteiger partial charge >= 0.3 is 11.9 Å². The first kappa shape index (κ1) is 41.1. The lowest BCUT2D eigenvalue weighted by atomic mass is 10.1. The molecule has 0 aliphatic rings. The minimum Gasteiger partial charge on any atom is -0.466 e. The summed E-state index contributed by atoms with van der Waals surface area (Å²) in [5.74, 6) is -1.85. The molecule has 0 aromatic carbocycles. The Kier molecular flexibility index (Phi) is 25.2. The topological polar surface area (TPSA) is 111 Å². The number of nitrogens with one attached hydrogen (secondary N) is 2. The van der Waals surface area contributed by atoms with Crippen molar-refractivity contribution in [3.8, 4) is 0 Å². The molecular formula is C37H56N2O6. The summed E-state index contributed by atoms with van der Waals surface area (Å²) in [6.45, 7) is 7.85. The van der Waals surface area contributed by atoms with Crippen LogP contribution in [0.1, 0.15) is 98.3 Å². The molecule has 0 bridgehead atoms. The summed E-state index contributed by atoms with van der Waals surface area (Å²) in [5.41, 5.74) is -0.709. The van der Waals surface area contributed by atoms with Crippen LogP contribution in [0.2, 0.25) is 0 Å². The second-order valence-electron chi connectivity index (χ2n) is 11.3. The van der Waals surface area contributed by atoms with E-state index in [-0.39, 0.29) is 5.91 Å². The average Bonchev–Trinajstić information content (AvgIpc) is 2.99. The molecule has 1 unspecified atom stereocenters. The van der Waals surface area contributed by atoms with Crippen LogP contribution in [0.15, 0.2) is 85.1 Å². The van der Waals surface area contributed by atoms with Crippen molar-refractivity contribution >= 4 is 23.8 Å². The SMILES string of the molecule is CCC=CC/C=C\C/C=C\C/C=C\C/C=C\C/C=C\CCC(=O)NCCCCC(NC(=O)/C=C/C(=O)OC)C(=O)OC(C)(C)C. The fraction of sp³-hybridized carbons (Fsp3) is 0.514. The molecule has 0 spiro atoms. The summed E-state index contributed by atoms with van der Waals surface area (Å²) >= 11 is 0. The highest BCUT2D eigenvalue weighted by molar-refractivity contribution is 5.96. The average molecular weight is 625 g/mol. The van der Waals surface area contributed by atoms with Gasteiger partial charge in [0.1, 0.15) is 11.6 Å². The zero-order valence-corrected chi connectivity index (χ0v) is 28.1. The number of hydrogen-bond acceptors (Lipinski definition) is 6. The van der Waals surface area contributed by atoms with Gasteiger partial charge in [-0.25, -0.2) is 9.59 Å². The second-order valence-corrected chi connectivity index (χ2v) is 11.3. The monoisotopic (exact) mass is 624 g/mol. The van der Waals surface area contributed by atoms with Crippen molar-refractivity contribution in [1.29, 1.82) is 0 Å². The molecule has 0 aromatic rings. The van der Waals surface area contributed by atoms with E-state index in [2.05, 4.69) is 89.1 Å². The minimum atomic E-state index is -0.872. The molecule has 2 N–H and O–H groups in total. The van der Waals surface area contributed by atoms with Crippen molar-refractivity contribution in [3.63, 3.8) is 0 Å². The highest BCUT2D eigenvalue weighted by Crippen LogP contribution is 2.12. The predicted octanol–water partition coefficient (Wildman–Crippen LogP) is 7.31. The van der Waals surface area contributed by atoms with Gasteiger partial charge in [-0.2, -0.15) is 0 Å². The number of rotatable bonds is 23. The first-order valence-corrected chi connectivity index (χ1v) is 16.0. The lowest BCUT2D eigenvalue weighted by Crippen LogP contribution is -2.43. The van der Waals surface area contributed by atoms with Gasteiger partial charge in [0.25, 0.3) is 0 Å². The van der Waals surface area contributed by atoms with Crippen LogP contribution >= 0.6 is 0 Å². The van der Waals surface area contributed by atoms with Gasteiger partial charge in [0.2, 0.25) is 11.8 Å². The molecule has 0 aliphatic heterocycles. The molecule has 45 heavy (non-hydrogen) atoms. The van der Waals surface area contributed by atoms with E-state index in [1.54, 1.807) is 20.8 Å². The van der Waals surface area contributed by atoms with E-state index in [9.17, 15) is 19.2 Å². The zero-order valence-electron chi connectivity index (χ0n) is 28.1. The number of amides is 2. The summed E-state index contributed by atoms with van der Waals surface area (Å²) in [7, 11) is 1.21. The number of ether oxygens (including phenoxy) is 2. The van der Waals surface area contributed by atoms with Gasteiger partial charge in [-0.1, -0.05) is 79.8 Å². The van der Waals surface area contributed by atoms with E-state index in [4.69, 9.17) is 4.74 Å². The van der Waals surface area contributed by atoms with Crippen molar-refractivity contribution in [2.45, 2.75) is 110 Å². The quantitative estimate of drug-likeness (QED) is 0.0534. The molecule has 1 atom stereocenters. The van der Waals surface area contributed by atoms with Crippen LogP contribution in [-0.4, -0.2) is 49.1 Å². The maximum Gasteiger partial charge on any atom is 0.330 e. The highest BCUT2D eigenvalue weighted by Gasteiger charge is 2.25. The molecule has 0 rings (SSSR count). The van der Waals surface area contributed by atoms with Crippen molar-refractivity contribution < 1.29 is 28.7 Å². The Hall–Kier alpha value is -3.94. The molecule has 0 aliphatic carbocycles. The predicted molar refractivity (Wildman–Crippen MR) is 183 cm³/mol. The largest absolute Gasteiger partial charge is 0.466 e. The van der Waals surface area contributed by atoms with E-state index in [0.29, 0.717) is 38.6 Å². The Labute approximate surface area is 271 Å². The van der Waals surface area contributed by atoms with Gasteiger partial charge in [0.05, 0.1) is 7.11 Å². The molecule has 0 aromatic heterocycles. The Bertz CT molecular complexity index is 1060. The maximum absolute atomic E-state index is 12.6. The summed E-state index contributed by atoms with van der Waals surface area (Å²) in [4.78, 5) is 48.1. The number of allylic oxidation sites excluding steroid dienone is 12. The lowest BCUT2D eigenvalue weighted by molar-refractivity contribution is -0.158. The van der Waals surface area contributed by atoms with Crippen LogP contribution in [0.3, 0.4) is 0 Å². The van der Waals surface area contributed by atoms with Gasteiger partial charge < -0.3 is 20.1 Å². The van der Waals surface area contributed by atoms with Crippen LogP contribution in [0.25, 0.3) is 0 Å². The summed E-state index contributed by atoms with van der Waals surface area (Å²) in [6.07, 6.45) is 36.2. The number of carbonyl (C=O) groups is 4. The van der Waals surface area contributed by atoms with Gasteiger partial charge in [0, 0.05) is 25.1 Å². The van der Waals surface area contributed by atoms with E-state index in [1.807, 2.05) is 6.08 Å². The Balaban J connectivity index is 4.13. The fourth-order valence-corrected chi connectivity index (χ4v) is 3.70. The molecule has 0 fully saturated rings. The third kappa shape index (κ3) is 28.6. The maximum atomic E-state index is 12.6. The van der Waals surface area contributed by atoms with Crippen molar-refractivity contribution in [2.75, 3.05) is 13.7 Å². The van der Waals surface area contributed by atoms with Crippen LogP contribution in [0, 0.1) is 0 Å². The third-order valence-electron chi connectivity index (χ3n) is 5.96. The Morgan fingerprint density at radius 3 is 1.71 bits per heavy atom. The van der Waals surface area contributed by atoms with E-state index >= 15 is 0 Å². The highest BCUT2D eigenvalue weighted by atomic mass is 16.6. The standard InChI is InChI=1S/C37H56N2O6/c1-6-7-8-9-10-11-12-13-14-15-16-17-18-19-20-21-22-23-24-28-33(40)38-31-26-25-27-32(36(43)45-37(2,3)4)39-34(41)29-30-35(42)44-5/h7-8,10-11,13-14,16-17,19-20,22-23,29-30,32H,6,9,12,15,18,21,24-28,31H2,1-5H3,(H,38,40)(H,39,41)/b8-7?,11-10-,14-13-,17-16-,20-19-,23-22-,30-29+. The van der Waals surface area contributed by atoms with Crippen molar-refractivity contribution in [1.82, 2.24) is 10.6 Å². The number of hydrogen-bond donors (Lipinski definition) is 2. The number of carbonyl (C=O) groups excluding carboxylic acids is 4. The van der Waals surface area contributed by atoms with Gasteiger partial charge in [-0.3, -0.25) is 9.59 Å². The molecule has 2 amide bonds. The van der Waals surface area contributed by atoms with Gasteiger partial charge in [0.15, 0.2) is 0 Å². The van der Waals surface area contributed by atoms with Gasteiger partial charge in [-0.05, 0) is 85.0 Å². The van der Waals surface area contributed by atoms with Crippen LogP contribution in [0.5, 0.6) is 0 Å². The zero-order chi connectivity index (χ0) is 33.6. The number of methoxy groups -OCH3 is 1. The van der Waals surface area contributed by atoms with E-state index in [1.165, 1.54) is 7.11 Å². The lowest BCUT2D eigenvalue weighted by Gasteiger charge is -2.24.